The molecule has 1 saturated carbocycles. The number of hydrogen-bond acceptors (Lipinski definition) is 4. The van der Waals surface area contributed by atoms with E-state index < -0.39 is 0 Å². The van der Waals surface area contributed by atoms with Crippen LogP contribution in [0.15, 0.2) is 46.4 Å². The van der Waals surface area contributed by atoms with E-state index in [0.717, 1.165) is 35.6 Å². The number of aliphatic imine (C=N–C) groups is 2. The zero-order valence-electron chi connectivity index (χ0n) is 19.4. The Balaban J connectivity index is 1.74. The van der Waals surface area contributed by atoms with E-state index in [1.165, 1.54) is 12.8 Å². The second-order valence-corrected chi connectivity index (χ2v) is 10.4. The van der Waals surface area contributed by atoms with Gasteiger partial charge in [0.15, 0.2) is 0 Å². The lowest BCUT2D eigenvalue weighted by molar-refractivity contribution is 0.390. The summed E-state index contributed by atoms with van der Waals surface area (Å²) in [5, 5.41) is 0. The summed E-state index contributed by atoms with van der Waals surface area (Å²) in [5.41, 5.74) is 4.11. The fourth-order valence-corrected chi connectivity index (χ4v) is 3.67. The summed E-state index contributed by atoms with van der Waals surface area (Å²) in [6, 6.07) is 12.8. The molecule has 30 heavy (non-hydrogen) atoms. The third kappa shape index (κ3) is 6.07. The van der Waals surface area contributed by atoms with Crippen molar-refractivity contribution in [2.75, 3.05) is 0 Å². The van der Waals surface area contributed by atoms with Crippen LogP contribution in [0.1, 0.15) is 90.0 Å². The third-order valence-corrected chi connectivity index (χ3v) is 5.57. The molecule has 0 saturated heterocycles. The maximum atomic E-state index is 4.91. The molecule has 4 heteroatoms. The predicted octanol–water partition coefficient (Wildman–Crippen LogP) is 5.92. The van der Waals surface area contributed by atoms with Crippen molar-refractivity contribution in [3.8, 4) is 0 Å². The summed E-state index contributed by atoms with van der Waals surface area (Å²) in [6.45, 7) is 13.1. The zero-order valence-corrected chi connectivity index (χ0v) is 19.4. The topological polar surface area (TPSA) is 50.5 Å². The van der Waals surface area contributed by atoms with Crippen LogP contribution in [0.25, 0.3) is 0 Å². The van der Waals surface area contributed by atoms with E-state index in [1.54, 1.807) is 0 Å². The first-order valence-electron chi connectivity index (χ1n) is 11.1. The minimum absolute atomic E-state index is 0.0378. The van der Waals surface area contributed by atoms with E-state index >= 15 is 0 Å². The van der Waals surface area contributed by atoms with Crippen LogP contribution in [-0.4, -0.2) is 34.5 Å². The monoisotopic (exact) mass is 404 g/mol. The van der Waals surface area contributed by atoms with Crippen LogP contribution in [-0.2, 0) is 10.8 Å². The van der Waals surface area contributed by atoms with E-state index in [2.05, 4.69) is 65.8 Å². The summed E-state index contributed by atoms with van der Waals surface area (Å²) >= 11 is 0. The van der Waals surface area contributed by atoms with Crippen LogP contribution in [0, 0.1) is 0 Å². The van der Waals surface area contributed by atoms with Gasteiger partial charge in [-0.2, -0.15) is 0 Å². The van der Waals surface area contributed by atoms with Crippen molar-refractivity contribution in [3.63, 3.8) is 0 Å². The van der Waals surface area contributed by atoms with Gasteiger partial charge in [-0.05, 0) is 37.1 Å². The van der Waals surface area contributed by atoms with Crippen molar-refractivity contribution in [1.82, 2.24) is 9.97 Å². The Morgan fingerprint density at radius 3 is 1.47 bits per heavy atom. The van der Waals surface area contributed by atoms with Crippen LogP contribution >= 0.6 is 0 Å². The second kappa shape index (κ2) is 9.20. The van der Waals surface area contributed by atoms with E-state index in [9.17, 15) is 0 Å². The SMILES string of the molecule is CC(C)(C)c1cccc(C=N[C@@H]2CCCC[C@H]2N=Cc2cccc(C(C)(C)C)n2)n1. The van der Waals surface area contributed by atoms with Crippen LogP contribution < -0.4 is 0 Å². The molecule has 160 valence electrons. The molecule has 0 N–H and O–H groups in total. The lowest BCUT2D eigenvalue weighted by atomic mass is 9.91. The number of aromatic nitrogens is 2. The maximum Gasteiger partial charge on any atom is 0.0811 e. The first-order valence-corrected chi connectivity index (χ1v) is 11.1. The maximum absolute atomic E-state index is 4.91. The molecule has 0 amide bonds. The lowest BCUT2D eigenvalue weighted by Crippen LogP contribution is -2.27. The van der Waals surface area contributed by atoms with Crippen molar-refractivity contribution in [2.45, 2.75) is 90.1 Å². The first-order chi connectivity index (χ1) is 14.1. The Bertz CT molecular complexity index is 824. The van der Waals surface area contributed by atoms with Crippen molar-refractivity contribution >= 4 is 12.4 Å². The molecule has 0 radical (unpaired) electrons. The fourth-order valence-electron chi connectivity index (χ4n) is 3.67. The van der Waals surface area contributed by atoms with Crippen LogP contribution in [0.5, 0.6) is 0 Å². The normalized spacial score (nSPS) is 20.9. The number of pyridine rings is 2. The van der Waals surface area contributed by atoms with Crippen LogP contribution in [0.3, 0.4) is 0 Å². The molecule has 0 spiro atoms. The highest BCUT2D eigenvalue weighted by molar-refractivity contribution is 5.78. The Kier molecular flexibility index (Phi) is 6.84. The highest BCUT2D eigenvalue weighted by Gasteiger charge is 2.23. The quantitative estimate of drug-likeness (QED) is 0.594. The molecule has 2 aromatic heterocycles. The summed E-state index contributed by atoms with van der Waals surface area (Å²) in [6.07, 6.45) is 8.45. The molecule has 2 atom stereocenters. The van der Waals surface area contributed by atoms with Crippen LogP contribution in [0.2, 0.25) is 0 Å². The van der Waals surface area contributed by atoms with Gasteiger partial charge in [-0.15, -0.1) is 0 Å². The van der Waals surface area contributed by atoms with Gasteiger partial charge in [0.2, 0.25) is 0 Å². The van der Waals surface area contributed by atoms with Gasteiger partial charge in [0.05, 0.1) is 23.5 Å². The van der Waals surface area contributed by atoms with Crippen LogP contribution in [0.4, 0.5) is 0 Å². The molecule has 2 aromatic rings. The van der Waals surface area contributed by atoms with E-state index in [1.807, 2.05) is 24.6 Å². The highest BCUT2D eigenvalue weighted by atomic mass is 14.9. The average Bonchev–Trinajstić information content (AvgIpc) is 2.70. The lowest BCUT2D eigenvalue weighted by Gasteiger charge is -2.25. The van der Waals surface area contributed by atoms with Crippen molar-refractivity contribution in [1.29, 1.82) is 0 Å². The van der Waals surface area contributed by atoms with Gasteiger partial charge >= 0.3 is 0 Å². The predicted molar refractivity (Wildman–Crippen MR) is 127 cm³/mol. The van der Waals surface area contributed by atoms with Gasteiger partial charge in [0.25, 0.3) is 0 Å². The largest absolute Gasteiger partial charge is 0.285 e. The van der Waals surface area contributed by atoms with Crippen molar-refractivity contribution in [3.05, 3.63) is 59.2 Å². The summed E-state index contributed by atoms with van der Waals surface area (Å²) in [7, 11) is 0. The molecular weight excluding hydrogens is 368 g/mol. The van der Waals surface area contributed by atoms with Crippen molar-refractivity contribution < 1.29 is 0 Å². The van der Waals surface area contributed by atoms with E-state index in [4.69, 9.17) is 20.0 Å². The summed E-state index contributed by atoms with van der Waals surface area (Å²) in [4.78, 5) is 19.4. The van der Waals surface area contributed by atoms with Gasteiger partial charge < -0.3 is 0 Å². The average molecular weight is 405 g/mol. The standard InChI is InChI=1S/C26H36N4/c1-25(2,3)23-15-9-11-19(29-23)17-27-21-13-7-8-14-22(21)28-18-20-12-10-16-24(30-20)26(4,5)6/h9-12,15-18,21-22H,7-8,13-14H2,1-6H3/t21-,22-/m1/s1. The van der Waals surface area contributed by atoms with Gasteiger partial charge in [-0.25, -0.2) is 0 Å². The smallest absolute Gasteiger partial charge is 0.0811 e. The molecule has 0 aliphatic heterocycles. The third-order valence-electron chi connectivity index (χ3n) is 5.57. The Morgan fingerprint density at radius 2 is 1.10 bits per heavy atom. The van der Waals surface area contributed by atoms with E-state index in [0.29, 0.717) is 0 Å². The molecule has 0 aromatic carbocycles. The highest BCUT2D eigenvalue weighted by Crippen LogP contribution is 2.25. The number of hydrogen-bond donors (Lipinski definition) is 0. The molecular formula is C26H36N4. The summed E-state index contributed by atoms with van der Waals surface area (Å²) < 4.78 is 0. The Labute approximate surface area is 182 Å². The Morgan fingerprint density at radius 1 is 0.700 bits per heavy atom. The molecule has 1 aliphatic rings. The fraction of sp³-hybridized carbons (Fsp3) is 0.538. The number of nitrogens with zero attached hydrogens (tertiary/aromatic N) is 4. The molecule has 1 fully saturated rings. The van der Waals surface area contributed by atoms with Crippen molar-refractivity contribution in [2.24, 2.45) is 9.98 Å². The minimum atomic E-state index is 0.0378. The Hall–Kier alpha value is -2.36. The minimum Gasteiger partial charge on any atom is -0.285 e. The molecule has 1 aliphatic carbocycles. The molecule has 3 rings (SSSR count). The van der Waals surface area contributed by atoms with Gasteiger partial charge in [0.1, 0.15) is 0 Å². The summed E-state index contributed by atoms with van der Waals surface area (Å²) in [5.74, 6) is 0. The molecule has 0 bridgehead atoms. The molecule has 4 nitrogen and oxygen atoms in total. The first kappa shape index (κ1) is 22.3. The number of rotatable bonds is 4. The molecule has 2 heterocycles. The zero-order chi connectivity index (χ0) is 21.8. The van der Waals surface area contributed by atoms with E-state index in [-0.39, 0.29) is 22.9 Å². The van der Waals surface area contributed by atoms with Gasteiger partial charge in [-0.1, -0.05) is 66.5 Å². The second-order valence-electron chi connectivity index (χ2n) is 10.4. The van der Waals surface area contributed by atoms with Gasteiger partial charge in [0, 0.05) is 34.6 Å². The van der Waals surface area contributed by atoms with Gasteiger partial charge in [-0.3, -0.25) is 20.0 Å². The molecule has 0 unspecified atom stereocenters.